The predicted molar refractivity (Wildman–Crippen MR) is 63.9 cm³/mol. The van der Waals surface area contributed by atoms with E-state index in [1.54, 1.807) is 13.8 Å². The number of nitrogens with one attached hydrogen (secondary N) is 1. The lowest BCUT2D eigenvalue weighted by Crippen LogP contribution is -2.36. The first-order valence-electron chi connectivity index (χ1n) is 5.50. The largest absolute Gasteiger partial charge is 0.469 e. The molecule has 0 heterocycles. The van der Waals surface area contributed by atoms with Crippen LogP contribution in [0.15, 0.2) is 0 Å². The number of ether oxygens (including phenoxy) is 1. The van der Waals surface area contributed by atoms with Crippen LogP contribution in [0.1, 0.15) is 26.7 Å². The molecule has 0 aliphatic heterocycles. The molecule has 17 heavy (non-hydrogen) atoms. The zero-order chi connectivity index (χ0) is 13.5. The van der Waals surface area contributed by atoms with E-state index in [0.29, 0.717) is 0 Å². The van der Waals surface area contributed by atoms with Gasteiger partial charge in [-0.1, -0.05) is 13.8 Å². The van der Waals surface area contributed by atoms with E-state index in [4.69, 9.17) is 0 Å². The monoisotopic (exact) mass is 267 g/mol. The van der Waals surface area contributed by atoms with Crippen molar-refractivity contribution in [3.63, 3.8) is 0 Å². The van der Waals surface area contributed by atoms with E-state index in [2.05, 4.69) is 9.46 Å². The molecule has 0 spiro atoms. The number of sulfonamides is 1. The van der Waals surface area contributed by atoms with E-state index in [1.165, 1.54) is 7.11 Å². The summed E-state index contributed by atoms with van der Waals surface area (Å²) in [5, 5.41) is 9.44. The Morgan fingerprint density at radius 2 is 2.00 bits per heavy atom. The van der Waals surface area contributed by atoms with Crippen LogP contribution in [-0.4, -0.2) is 45.0 Å². The average Bonchev–Trinajstić information content (AvgIpc) is 2.25. The molecule has 0 bridgehead atoms. The van der Waals surface area contributed by atoms with Crippen LogP contribution in [0.5, 0.6) is 0 Å². The van der Waals surface area contributed by atoms with Gasteiger partial charge in [0.15, 0.2) is 0 Å². The summed E-state index contributed by atoms with van der Waals surface area (Å²) in [4.78, 5) is 10.8. The number of methoxy groups -OCH3 is 1. The molecule has 0 amide bonds. The number of carbonyl (C=O) groups excluding carboxylic acids is 1. The van der Waals surface area contributed by atoms with E-state index < -0.39 is 22.1 Å². The summed E-state index contributed by atoms with van der Waals surface area (Å²) in [7, 11) is -2.17. The summed E-state index contributed by atoms with van der Waals surface area (Å²) in [5.74, 6) is -0.581. The standard InChI is InChI=1S/C10H21NO5S/c1-8(2)9(12)7-11-17(14,15)6-4-5-10(13)16-3/h8-9,11-12H,4-7H2,1-3H3. The van der Waals surface area contributed by atoms with Crippen LogP contribution in [0.2, 0.25) is 0 Å². The predicted octanol–water partition coefficient (Wildman–Crippen LogP) is -0.124. The van der Waals surface area contributed by atoms with Crippen molar-refractivity contribution < 1.29 is 23.1 Å². The Labute approximate surface area is 102 Å². The maximum atomic E-state index is 11.5. The molecule has 1 atom stereocenters. The second-order valence-corrected chi connectivity index (χ2v) is 6.08. The fourth-order valence-electron chi connectivity index (χ4n) is 1.03. The second-order valence-electron chi connectivity index (χ2n) is 4.16. The molecule has 0 aliphatic rings. The summed E-state index contributed by atoms with van der Waals surface area (Å²) in [5.41, 5.74) is 0. The third kappa shape index (κ3) is 8.12. The van der Waals surface area contributed by atoms with Crippen LogP contribution in [0.4, 0.5) is 0 Å². The van der Waals surface area contributed by atoms with Crippen molar-refractivity contribution in [3.8, 4) is 0 Å². The van der Waals surface area contributed by atoms with E-state index in [1.807, 2.05) is 0 Å². The SMILES string of the molecule is COC(=O)CCCS(=O)(=O)NCC(O)C(C)C. The molecule has 0 aromatic heterocycles. The summed E-state index contributed by atoms with van der Waals surface area (Å²) in [6.45, 7) is 3.60. The molecule has 102 valence electrons. The minimum atomic E-state index is -3.43. The quantitative estimate of drug-likeness (QED) is 0.598. The topological polar surface area (TPSA) is 92.7 Å². The lowest BCUT2D eigenvalue weighted by atomic mass is 10.1. The summed E-state index contributed by atoms with van der Waals surface area (Å²) >= 11 is 0. The highest BCUT2D eigenvalue weighted by Crippen LogP contribution is 2.01. The molecule has 7 heteroatoms. The molecule has 0 aromatic rings. The van der Waals surface area contributed by atoms with E-state index in [0.717, 1.165) is 0 Å². The lowest BCUT2D eigenvalue weighted by molar-refractivity contribution is -0.140. The van der Waals surface area contributed by atoms with Crippen molar-refractivity contribution in [2.75, 3.05) is 19.4 Å². The van der Waals surface area contributed by atoms with Gasteiger partial charge in [0.1, 0.15) is 0 Å². The maximum absolute atomic E-state index is 11.5. The number of hydrogen-bond donors (Lipinski definition) is 2. The number of esters is 1. The smallest absolute Gasteiger partial charge is 0.305 e. The van der Waals surface area contributed by atoms with Gasteiger partial charge < -0.3 is 9.84 Å². The van der Waals surface area contributed by atoms with Crippen LogP contribution in [0.25, 0.3) is 0 Å². The highest BCUT2D eigenvalue weighted by atomic mass is 32.2. The number of carbonyl (C=O) groups is 1. The summed E-state index contributed by atoms with van der Waals surface area (Å²) in [6, 6.07) is 0. The van der Waals surface area contributed by atoms with Gasteiger partial charge in [-0.3, -0.25) is 4.79 Å². The van der Waals surface area contributed by atoms with E-state index in [-0.39, 0.29) is 31.1 Å². The van der Waals surface area contributed by atoms with Gasteiger partial charge >= 0.3 is 5.97 Å². The van der Waals surface area contributed by atoms with Gasteiger partial charge in [-0.05, 0) is 12.3 Å². The lowest BCUT2D eigenvalue weighted by Gasteiger charge is -2.15. The molecular weight excluding hydrogens is 246 g/mol. The minimum absolute atomic E-state index is 0.00176. The molecule has 0 aromatic carbocycles. The van der Waals surface area contributed by atoms with Gasteiger partial charge in [0.25, 0.3) is 0 Å². The number of aliphatic hydroxyl groups excluding tert-OH is 1. The molecule has 0 saturated heterocycles. The van der Waals surface area contributed by atoms with Gasteiger partial charge in [-0.15, -0.1) is 0 Å². The fourth-order valence-corrected chi connectivity index (χ4v) is 2.12. The second kappa shape index (κ2) is 7.62. The van der Waals surface area contributed by atoms with Gasteiger partial charge in [-0.2, -0.15) is 0 Å². The average molecular weight is 267 g/mol. The zero-order valence-corrected chi connectivity index (χ0v) is 11.3. The maximum Gasteiger partial charge on any atom is 0.305 e. The van der Waals surface area contributed by atoms with Crippen molar-refractivity contribution in [2.24, 2.45) is 5.92 Å². The Bertz CT molecular complexity index is 326. The Morgan fingerprint density at radius 3 is 2.47 bits per heavy atom. The zero-order valence-electron chi connectivity index (χ0n) is 10.5. The third-order valence-electron chi connectivity index (χ3n) is 2.30. The van der Waals surface area contributed by atoms with Crippen LogP contribution < -0.4 is 4.72 Å². The highest BCUT2D eigenvalue weighted by molar-refractivity contribution is 7.89. The van der Waals surface area contributed by atoms with Gasteiger partial charge in [0, 0.05) is 13.0 Å². The number of aliphatic hydroxyl groups is 1. The Hall–Kier alpha value is -0.660. The summed E-state index contributed by atoms with van der Waals surface area (Å²) in [6.07, 6.45) is -0.422. The summed E-state index contributed by atoms with van der Waals surface area (Å²) < 4.78 is 29.6. The van der Waals surface area contributed by atoms with Crippen molar-refractivity contribution in [1.29, 1.82) is 0 Å². The first kappa shape index (κ1) is 16.3. The van der Waals surface area contributed by atoms with E-state index >= 15 is 0 Å². The van der Waals surface area contributed by atoms with Gasteiger partial charge in [0.2, 0.25) is 10.0 Å². The molecule has 0 aliphatic carbocycles. The molecule has 2 N–H and O–H groups in total. The van der Waals surface area contributed by atoms with E-state index in [9.17, 15) is 18.3 Å². The molecule has 0 fully saturated rings. The van der Waals surface area contributed by atoms with Crippen LogP contribution in [-0.2, 0) is 19.6 Å². The van der Waals surface area contributed by atoms with Crippen molar-refractivity contribution in [3.05, 3.63) is 0 Å². The van der Waals surface area contributed by atoms with Gasteiger partial charge in [0.05, 0.1) is 19.0 Å². The first-order chi connectivity index (χ1) is 7.78. The molecule has 0 saturated carbocycles. The first-order valence-corrected chi connectivity index (χ1v) is 7.16. The Kier molecular flexibility index (Phi) is 7.33. The molecule has 1 unspecified atom stereocenters. The fraction of sp³-hybridized carbons (Fsp3) is 0.900. The Morgan fingerprint density at radius 1 is 1.41 bits per heavy atom. The van der Waals surface area contributed by atoms with Crippen molar-refractivity contribution in [2.45, 2.75) is 32.8 Å². The van der Waals surface area contributed by atoms with Crippen LogP contribution >= 0.6 is 0 Å². The van der Waals surface area contributed by atoms with Gasteiger partial charge in [-0.25, -0.2) is 13.1 Å². The molecule has 0 rings (SSSR count). The molecular formula is C10H21NO5S. The molecule has 6 nitrogen and oxygen atoms in total. The number of hydrogen-bond acceptors (Lipinski definition) is 5. The number of rotatable bonds is 8. The van der Waals surface area contributed by atoms with Crippen LogP contribution in [0.3, 0.4) is 0 Å². The Balaban J connectivity index is 3.93. The minimum Gasteiger partial charge on any atom is -0.469 e. The van der Waals surface area contributed by atoms with Crippen molar-refractivity contribution in [1.82, 2.24) is 4.72 Å². The normalized spacial score (nSPS) is 13.7. The molecule has 0 radical (unpaired) electrons. The third-order valence-corrected chi connectivity index (χ3v) is 3.74. The van der Waals surface area contributed by atoms with Crippen LogP contribution in [0, 0.1) is 5.92 Å². The van der Waals surface area contributed by atoms with Crippen molar-refractivity contribution >= 4 is 16.0 Å². The highest BCUT2D eigenvalue weighted by Gasteiger charge is 2.15.